The first kappa shape index (κ1) is 34.3. The largest absolute Gasteiger partial charge is 0.452 e. The summed E-state index contributed by atoms with van der Waals surface area (Å²) >= 11 is 7.58. The van der Waals surface area contributed by atoms with Crippen molar-refractivity contribution in [2.24, 2.45) is 9.98 Å². The highest BCUT2D eigenvalue weighted by Crippen LogP contribution is 2.40. The van der Waals surface area contributed by atoms with E-state index in [1.165, 1.54) is 0 Å². The van der Waals surface area contributed by atoms with E-state index in [-0.39, 0.29) is 0 Å². The van der Waals surface area contributed by atoms with E-state index in [0.717, 1.165) is 46.5 Å². The van der Waals surface area contributed by atoms with Gasteiger partial charge in [0.1, 0.15) is 27.1 Å². The van der Waals surface area contributed by atoms with Crippen LogP contribution in [0.15, 0.2) is 58.5 Å². The third-order valence-corrected chi connectivity index (χ3v) is 5.02. The molecule has 0 radical (unpaired) electrons. The monoisotopic (exact) mass is 600 g/mol. The molecule has 0 saturated carbocycles. The molecule has 39 heavy (non-hydrogen) atoms. The van der Waals surface area contributed by atoms with Crippen LogP contribution in [0.5, 0.6) is 23.0 Å². The first-order chi connectivity index (χ1) is 18.7. The summed E-state index contributed by atoms with van der Waals surface area (Å²) in [5.74, 6) is 2.62. The summed E-state index contributed by atoms with van der Waals surface area (Å²) in [6.45, 7) is 10.1. The van der Waals surface area contributed by atoms with Gasteiger partial charge >= 0.3 is 0 Å². The van der Waals surface area contributed by atoms with Gasteiger partial charge in [0.15, 0.2) is 23.0 Å². The Kier molecular flexibility index (Phi) is 15.0. The molecule has 10 nitrogen and oxygen atoms in total. The van der Waals surface area contributed by atoms with E-state index >= 15 is 0 Å². The van der Waals surface area contributed by atoms with E-state index < -0.39 is 10.1 Å². The van der Waals surface area contributed by atoms with Crippen LogP contribution in [0.4, 0.5) is 11.4 Å². The SMILES string of the molecule is CC.CC.CCc1c2c(c(Cl)c3c1=Nc1ccccc1O3)=Nc1ccccc1O2.CS(=O)(=O)O.CSOOO. The fraction of sp³-hybridized carbons (Fsp3) is 0.308. The van der Waals surface area contributed by atoms with Crippen molar-refractivity contribution in [1.29, 1.82) is 0 Å². The van der Waals surface area contributed by atoms with Crippen LogP contribution < -0.4 is 20.2 Å². The molecule has 13 heteroatoms. The second-order valence-corrected chi connectivity index (χ2v) is 9.22. The van der Waals surface area contributed by atoms with Crippen molar-refractivity contribution in [2.45, 2.75) is 41.0 Å². The third-order valence-electron chi connectivity index (χ3n) is 4.47. The predicted octanol–water partition coefficient (Wildman–Crippen LogP) is 7.26. The molecule has 3 aromatic rings. The summed E-state index contributed by atoms with van der Waals surface area (Å²) in [5, 5.41) is 12.2. The number of hydrogen-bond acceptors (Lipinski definition) is 10. The lowest BCUT2D eigenvalue weighted by Crippen LogP contribution is -2.25. The molecular formula is C26H33ClN2O8S2. The van der Waals surface area contributed by atoms with Crippen molar-refractivity contribution in [2.75, 3.05) is 12.5 Å². The maximum atomic E-state index is 9.19. The number of fused-ring (bicyclic) bond motifs is 4. The normalized spacial score (nSPS) is 11.2. The van der Waals surface area contributed by atoms with Crippen LogP contribution >= 0.6 is 23.6 Å². The van der Waals surface area contributed by atoms with Crippen LogP contribution in [-0.2, 0) is 25.9 Å². The summed E-state index contributed by atoms with van der Waals surface area (Å²) in [6, 6.07) is 15.3. The quantitative estimate of drug-likeness (QED) is 0.0948. The molecule has 0 amide bonds. The molecular weight excluding hydrogens is 568 g/mol. The van der Waals surface area contributed by atoms with Gasteiger partial charge in [0, 0.05) is 23.9 Å². The van der Waals surface area contributed by atoms with Gasteiger partial charge in [-0.15, -0.1) is 4.33 Å². The predicted molar refractivity (Wildman–Crippen MR) is 154 cm³/mol. The molecule has 0 saturated heterocycles. The number of halogens is 1. The Hall–Kier alpha value is -2.71. The van der Waals surface area contributed by atoms with Crippen LogP contribution in [0, 0.1) is 0 Å². The van der Waals surface area contributed by atoms with E-state index in [1.54, 1.807) is 6.26 Å². The Bertz CT molecular complexity index is 1440. The maximum Gasteiger partial charge on any atom is 0.261 e. The van der Waals surface area contributed by atoms with E-state index in [1.807, 2.05) is 76.2 Å². The van der Waals surface area contributed by atoms with E-state index in [4.69, 9.17) is 40.9 Å². The molecule has 2 aliphatic rings. The van der Waals surface area contributed by atoms with Crippen molar-refractivity contribution in [3.63, 3.8) is 0 Å². The van der Waals surface area contributed by atoms with E-state index in [0.29, 0.717) is 33.9 Å². The topological polar surface area (TPSA) is 136 Å². The van der Waals surface area contributed by atoms with Crippen molar-refractivity contribution in [3.05, 3.63) is 69.8 Å². The van der Waals surface area contributed by atoms with E-state index in [9.17, 15) is 8.42 Å². The lowest BCUT2D eigenvalue weighted by molar-refractivity contribution is -0.432. The molecule has 3 aromatic carbocycles. The third kappa shape index (κ3) is 9.76. The average molecular weight is 601 g/mol. The Morgan fingerprint density at radius 3 is 1.74 bits per heavy atom. The van der Waals surface area contributed by atoms with E-state index in [2.05, 4.69) is 16.3 Å². The number of ether oxygens (including phenoxy) is 2. The molecule has 214 valence electrons. The molecule has 2 aliphatic heterocycles. The van der Waals surface area contributed by atoms with Gasteiger partial charge in [-0.3, -0.25) is 4.55 Å². The lowest BCUT2D eigenvalue weighted by Gasteiger charge is -2.22. The number of rotatable bonds is 3. The summed E-state index contributed by atoms with van der Waals surface area (Å²) in [6.07, 6.45) is 3.07. The van der Waals surface area contributed by atoms with Gasteiger partial charge < -0.3 is 9.47 Å². The molecule has 0 bridgehead atoms. The van der Waals surface area contributed by atoms with Crippen LogP contribution in [0.1, 0.15) is 40.2 Å². The summed E-state index contributed by atoms with van der Waals surface area (Å²) in [4.78, 5) is 9.48. The summed E-state index contributed by atoms with van der Waals surface area (Å²) < 4.78 is 41.9. The number of hydrogen-bond donors (Lipinski definition) is 2. The Balaban J connectivity index is 0.000000460. The number of nitrogens with zero attached hydrogens (tertiary/aromatic N) is 2. The number of para-hydroxylation sites is 4. The van der Waals surface area contributed by atoms with Crippen LogP contribution in [0.2, 0.25) is 5.02 Å². The van der Waals surface area contributed by atoms with Crippen molar-refractivity contribution < 1.29 is 37.1 Å². The Labute approximate surface area is 238 Å². The minimum Gasteiger partial charge on any atom is -0.452 e. The molecule has 0 aliphatic carbocycles. The molecule has 2 N–H and O–H groups in total. The highest BCUT2D eigenvalue weighted by molar-refractivity contribution is 7.93. The summed E-state index contributed by atoms with van der Waals surface area (Å²) in [7, 11) is -3.67. The maximum absolute atomic E-state index is 9.19. The molecule has 0 atom stereocenters. The highest BCUT2D eigenvalue weighted by Gasteiger charge is 2.26. The zero-order chi connectivity index (χ0) is 29.6. The average Bonchev–Trinajstić information content (AvgIpc) is 2.94. The molecule has 5 rings (SSSR count). The second kappa shape index (κ2) is 17.1. The smallest absolute Gasteiger partial charge is 0.261 e. The first-order valence-corrected chi connectivity index (χ1v) is 15.3. The fourth-order valence-electron chi connectivity index (χ4n) is 3.21. The lowest BCUT2D eigenvalue weighted by atomic mass is 10.1. The van der Waals surface area contributed by atoms with Crippen molar-refractivity contribution >= 4 is 45.1 Å². The molecule has 2 heterocycles. The van der Waals surface area contributed by atoms with Crippen molar-refractivity contribution in [1.82, 2.24) is 0 Å². The highest BCUT2D eigenvalue weighted by atomic mass is 35.5. The fourth-order valence-corrected chi connectivity index (χ4v) is 3.53. The van der Waals surface area contributed by atoms with Crippen LogP contribution in [0.3, 0.4) is 0 Å². The second-order valence-electron chi connectivity index (χ2n) is 6.91. The van der Waals surface area contributed by atoms with Gasteiger partial charge in [0.2, 0.25) is 0 Å². The summed E-state index contributed by atoms with van der Waals surface area (Å²) in [5.41, 5.74) is 2.49. The van der Waals surface area contributed by atoms with Gasteiger partial charge in [-0.05, 0) is 30.7 Å². The minimum absolute atomic E-state index is 0.426. The minimum atomic E-state index is -3.67. The number of benzene rings is 3. The molecule has 0 aromatic heterocycles. The van der Waals surface area contributed by atoms with Crippen molar-refractivity contribution in [3.8, 4) is 23.0 Å². The zero-order valence-electron chi connectivity index (χ0n) is 22.8. The standard InChI is InChI=1S/C20H13ClN2O2.2C2H6.2CH4O3S/c1-2-11-17-20(25-15-10-6-3-7-12(15)22-17)16(21)18-19(11)24-14-9-5-4-8-13(14)23-18;2*1-2;1-5(2,3)4;1-5-4-3-2/h3-10H,2H2,1H3;2*1-2H3;1H3,(H,2,3,4);2H,1H3. The molecule has 0 fully saturated rings. The van der Waals surface area contributed by atoms with Gasteiger partial charge in [0.05, 0.1) is 6.26 Å². The first-order valence-electron chi connectivity index (χ1n) is 12.0. The Morgan fingerprint density at radius 1 is 0.897 bits per heavy atom. The van der Waals surface area contributed by atoms with Crippen LogP contribution in [0.25, 0.3) is 0 Å². The molecule has 0 unspecified atom stereocenters. The zero-order valence-corrected chi connectivity index (χ0v) is 25.1. The Morgan fingerprint density at radius 2 is 1.33 bits per heavy atom. The van der Waals surface area contributed by atoms with Gasteiger partial charge in [0.25, 0.3) is 10.1 Å². The van der Waals surface area contributed by atoms with Crippen LogP contribution in [-0.4, -0.2) is 30.7 Å². The van der Waals surface area contributed by atoms with Gasteiger partial charge in [-0.2, -0.15) is 8.42 Å². The van der Waals surface area contributed by atoms with Gasteiger partial charge in [-0.1, -0.05) is 75.5 Å². The molecule has 0 spiro atoms. The van der Waals surface area contributed by atoms with Gasteiger partial charge in [-0.25, -0.2) is 15.2 Å².